The molecule has 0 spiro atoms. The van der Waals surface area contributed by atoms with Crippen LogP contribution in [0.2, 0.25) is 5.02 Å². The Morgan fingerprint density at radius 3 is 2.83 bits per heavy atom. The molecule has 0 bridgehead atoms. The van der Waals surface area contributed by atoms with E-state index in [2.05, 4.69) is 15.9 Å². The van der Waals surface area contributed by atoms with Gasteiger partial charge in [-0.2, -0.15) is 0 Å². The smallest absolute Gasteiger partial charge is 0.255 e. The third-order valence-electron chi connectivity index (χ3n) is 2.95. The third-order valence-corrected chi connectivity index (χ3v) is 3.84. The molecule has 1 saturated carbocycles. The molecule has 18 heavy (non-hydrogen) atoms. The summed E-state index contributed by atoms with van der Waals surface area (Å²) in [5.41, 5.74) is 0.655. The summed E-state index contributed by atoms with van der Waals surface area (Å²) in [5.74, 6) is 0.0399. The minimum Gasteiger partial charge on any atom is -0.383 e. The molecule has 1 amide bonds. The number of hydrogen-bond acceptors (Lipinski definition) is 2. The summed E-state index contributed by atoms with van der Waals surface area (Å²) in [4.78, 5) is 14.3. The number of halogens is 2. The summed E-state index contributed by atoms with van der Waals surface area (Å²) in [6.07, 6.45) is 2.17. The molecule has 3 nitrogen and oxygen atoms in total. The molecule has 0 N–H and O–H groups in total. The van der Waals surface area contributed by atoms with E-state index >= 15 is 0 Å². The fourth-order valence-corrected chi connectivity index (χ4v) is 2.70. The fraction of sp³-hybridized carbons (Fsp3) is 0.462. The Morgan fingerprint density at radius 2 is 2.28 bits per heavy atom. The van der Waals surface area contributed by atoms with Crippen LogP contribution >= 0.6 is 27.5 Å². The lowest BCUT2D eigenvalue weighted by molar-refractivity contribution is 0.0679. The summed E-state index contributed by atoms with van der Waals surface area (Å²) >= 11 is 9.28. The summed E-state index contributed by atoms with van der Waals surface area (Å²) in [5, 5.41) is 0.619. The first kappa shape index (κ1) is 13.8. The van der Waals surface area contributed by atoms with Crippen molar-refractivity contribution in [2.24, 2.45) is 0 Å². The van der Waals surface area contributed by atoms with E-state index in [1.165, 1.54) is 0 Å². The maximum Gasteiger partial charge on any atom is 0.255 e. The molecule has 5 heteroatoms. The number of benzene rings is 1. The first-order chi connectivity index (χ1) is 8.63. The second-order valence-electron chi connectivity index (χ2n) is 4.35. The van der Waals surface area contributed by atoms with Gasteiger partial charge in [-0.3, -0.25) is 4.79 Å². The van der Waals surface area contributed by atoms with Crippen LogP contribution < -0.4 is 0 Å². The fourth-order valence-electron chi connectivity index (χ4n) is 1.84. The van der Waals surface area contributed by atoms with E-state index in [9.17, 15) is 4.79 Å². The van der Waals surface area contributed by atoms with Crippen LogP contribution in [0.4, 0.5) is 0 Å². The Bertz CT molecular complexity index is 449. The lowest BCUT2D eigenvalue weighted by Gasteiger charge is -2.22. The van der Waals surface area contributed by atoms with Gasteiger partial charge in [0.1, 0.15) is 0 Å². The number of hydrogen-bond donors (Lipinski definition) is 0. The van der Waals surface area contributed by atoms with Crippen LogP contribution in [0, 0.1) is 0 Å². The van der Waals surface area contributed by atoms with Crippen LogP contribution in [0.25, 0.3) is 0 Å². The van der Waals surface area contributed by atoms with Crippen LogP contribution in [0.1, 0.15) is 23.2 Å². The second kappa shape index (κ2) is 6.04. The highest BCUT2D eigenvalue weighted by molar-refractivity contribution is 9.10. The van der Waals surface area contributed by atoms with Crippen molar-refractivity contribution in [3.05, 3.63) is 33.3 Å². The lowest BCUT2D eigenvalue weighted by Crippen LogP contribution is -2.36. The van der Waals surface area contributed by atoms with Crippen molar-refractivity contribution >= 4 is 33.4 Å². The number of amides is 1. The van der Waals surface area contributed by atoms with E-state index in [0.29, 0.717) is 29.8 Å². The maximum atomic E-state index is 12.5. The molecule has 98 valence electrons. The van der Waals surface area contributed by atoms with Crippen molar-refractivity contribution in [2.75, 3.05) is 20.3 Å². The Balaban J connectivity index is 2.16. The van der Waals surface area contributed by atoms with Crippen LogP contribution in [0.15, 0.2) is 22.7 Å². The highest BCUT2D eigenvalue weighted by atomic mass is 79.9. The molecule has 0 aromatic heterocycles. The molecule has 0 atom stereocenters. The van der Waals surface area contributed by atoms with Crippen molar-refractivity contribution in [1.29, 1.82) is 0 Å². The van der Waals surface area contributed by atoms with Crippen molar-refractivity contribution in [2.45, 2.75) is 18.9 Å². The van der Waals surface area contributed by atoms with Gasteiger partial charge in [0.2, 0.25) is 0 Å². The Morgan fingerprint density at radius 1 is 1.56 bits per heavy atom. The third kappa shape index (κ3) is 3.25. The van der Waals surface area contributed by atoms with Crippen LogP contribution in [-0.2, 0) is 4.74 Å². The molecule has 2 rings (SSSR count). The summed E-state index contributed by atoms with van der Waals surface area (Å²) < 4.78 is 5.80. The summed E-state index contributed by atoms with van der Waals surface area (Å²) in [6.45, 7) is 1.20. The van der Waals surface area contributed by atoms with E-state index in [0.717, 1.165) is 17.3 Å². The molecule has 1 aromatic rings. The Hall–Kier alpha value is -0.580. The number of carbonyl (C=O) groups is 1. The van der Waals surface area contributed by atoms with Crippen molar-refractivity contribution < 1.29 is 9.53 Å². The minimum atomic E-state index is 0.0399. The van der Waals surface area contributed by atoms with E-state index in [1.54, 1.807) is 25.3 Å². The van der Waals surface area contributed by atoms with Gasteiger partial charge in [-0.25, -0.2) is 0 Å². The van der Waals surface area contributed by atoms with E-state index < -0.39 is 0 Å². The average Bonchev–Trinajstić information content (AvgIpc) is 3.13. The quantitative estimate of drug-likeness (QED) is 0.827. The zero-order chi connectivity index (χ0) is 13.1. The molecule has 0 radical (unpaired) electrons. The highest BCUT2D eigenvalue weighted by Gasteiger charge is 2.33. The molecule has 1 aliphatic carbocycles. The molecule has 1 aromatic carbocycles. The number of methoxy groups -OCH3 is 1. The molecule has 1 fully saturated rings. The Labute approximate surface area is 120 Å². The van der Waals surface area contributed by atoms with Crippen LogP contribution in [0.3, 0.4) is 0 Å². The molecule has 0 heterocycles. The summed E-state index contributed by atoms with van der Waals surface area (Å²) in [6, 6.07) is 5.61. The number of nitrogens with zero attached hydrogens (tertiary/aromatic N) is 1. The number of carbonyl (C=O) groups excluding carboxylic acids is 1. The molecule has 0 unspecified atom stereocenters. The Kier molecular flexibility index (Phi) is 4.65. The van der Waals surface area contributed by atoms with Crippen molar-refractivity contribution in [1.82, 2.24) is 4.90 Å². The zero-order valence-electron chi connectivity index (χ0n) is 10.2. The van der Waals surface area contributed by atoms with E-state index in [-0.39, 0.29) is 5.91 Å². The first-order valence-corrected chi connectivity index (χ1v) is 7.05. The molecule has 0 aliphatic heterocycles. The topological polar surface area (TPSA) is 29.5 Å². The monoisotopic (exact) mass is 331 g/mol. The van der Waals surface area contributed by atoms with E-state index in [1.807, 2.05) is 4.90 Å². The van der Waals surface area contributed by atoms with Gasteiger partial charge in [-0.15, -0.1) is 0 Å². The van der Waals surface area contributed by atoms with Gasteiger partial charge < -0.3 is 9.64 Å². The highest BCUT2D eigenvalue weighted by Crippen LogP contribution is 2.30. The van der Waals surface area contributed by atoms with Gasteiger partial charge in [-0.1, -0.05) is 11.6 Å². The van der Waals surface area contributed by atoms with Gasteiger partial charge in [0.25, 0.3) is 5.91 Å². The molecule has 0 saturated heterocycles. The number of ether oxygens (including phenoxy) is 1. The molecule has 1 aliphatic rings. The van der Waals surface area contributed by atoms with Gasteiger partial charge in [0.15, 0.2) is 0 Å². The second-order valence-corrected chi connectivity index (χ2v) is 5.64. The normalized spacial score (nSPS) is 14.6. The predicted molar refractivity (Wildman–Crippen MR) is 75.1 cm³/mol. The molecular formula is C13H15BrClNO2. The average molecular weight is 333 g/mol. The standard InChI is InChI=1S/C13H15BrClNO2/c1-18-7-6-16(10-3-4-10)13(17)11-5-2-9(15)8-12(11)14/h2,5,8,10H,3-4,6-7H2,1H3. The predicted octanol–water partition coefficient (Wildman–Crippen LogP) is 3.35. The van der Waals surface area contributed by atoms with Gasteiger partial charge >= 0.3 is 0 Å². The number of rotatable bonds is 5. The largest absolute Gasteiger partial charge is 0.383 e. The summed E-state index contributed by atoms with van der Waals surface area (Å²) in [7, 11) is 1.65. The van der Waals surface area contributed by atoms with Crippen molar-refractivity contribution in [3.8, 4) is 0 Å². The minimum absolute atomic E-state index is 0.0399. The molecular weight excluding hydrogens is 318 g/mol. The lowest BCUT2D eigenvalue weighted by atomic mass is 10.2. The zero-order valence-corrected chi connectivity index (χ0v) is 12.5. The van der Waals surface area contributed by atoms with Gasteiger partial charge in [0, 0.05) is 29.2 Å². The van der Waals surface area contributed by atoms with Crippen molar-refractivity contribution in [3.63, 3.8) is 0 Å². The van der Waals surface area contributed by atoms with Crippen LogP contribution in [-0.4, -0.2) is 37.1 Å². The van der Waals surface area contributed by atoms with E-state index in [4.69, 9.17) is 16.3 Å². The van der Waals surface area contributed by atoms with Gasteiger partial charge in [0.05, 0.1) is 12.2 Å². The maximum absolute atomic E-state index is 12.5. The van der Waals surface area contributed by atoms with Gasteiger partial charge in [-0.05, 0) is 47.0 Å². The van der Waals surface area contributed by atoms with Crippen LogP contribution in [0.5, 0.6) is 0 Å². The first-order valence-electron chi connectivity index (χ1n) is 5.88. The SMILES string of the molecule is COCCN(C(=O)c1ccc(Cl)cc1Br)C1CC1.